The molecule has 0 saturated carbocycles. The molecule has 0 spiro atoms. The van der Waals surface area contributed by atoms with Gasteiger partial charge in [-0.05, 0) is 40.5 Å². The van der Waals surface area contributed by atoms with E-state index in [0.29, 0.717) is 41.1 Å². The number of alkyl carbamates (subject to hydrolysis) is 1. The van der Waals surface area contributed by atoms with Crippen LogP contribution in [0, 0.1) is 6.92 Å². The number of aromatic amines is 2. The Labute approximate surface area is 165 Å². The van der Waals surface area contributed by atoms with Crippen LogP contribution in [0.4, 0.5) is 4.79 Å². The van der Waals surface area contributed by atoms with E-state index in [0.717, 1.165) is 12.8 Å². The van der Waals surface area contributed by atoms with Crippen LogP contribution in [-0.2, 0) is 16.9 Å². The van der Waals surface area contributed by atoms with Crippen molar-refractivity contribution in [2.45, 2.75) is 63.5 Å². The summed E-state index contributed by atoms with van der Waals surface area (Å²) in [7, 11) is 0. The second kappa shape index (κ2) is 9.58. The fourth-order valence-electron chi connectivity index (χ4n) is 2.24. The Bertz CT molecular complexity index is 912. The number of rotatable bonds is 8. The first kappa shape index (κ1) is 21.7. The standard InChI is InChI=1S/C17H25N5O5S/c1-10-11(13(23)20-14(24)19-10)9-28-16-22-21-12(26-16)7-5-6-8-18-15(25)27-17(2,3)4/h5-9H2,1-4H3,(H,18,25)(H2,19,20,23,24). The number of unbranched alkanes of at least 4 members (excludes halogenated alkanes) is 1. The number of nitrogens with one attached hydrogen (secondary N) is 3. The maximum Gasteiger partial charge on any atom is 0.407 e. The zero-order chi connectivity index (χ0) is 20.7. The third kappa shape index (κ3) is 7.22. The van der Waals surface area contributed by atoms with Crippen LogP contribution < -0.4 is 16.6 Å². The van der Waals surface area contributed by atoms with Crippen LogP contribution in [0.3, 0.4) is 0 Å². The smallest absolute Gasteiger partial charge is 0.407 e. The number of carbonyl (C=O) groups excluding carboxylic acids is 1. The maximum absolute atomic E-state index is 11.8. The highest BCUT2D eigenvalue weighted by atomic mass is 32.2. The van der Waals surface area contributed by atoms with Gasteiger partial charge in [-0.25, -0.2) is 9.59 Å². The number of amides is 1. The Hall–Kier alpha value is -2.56. The zero-order valence-corrected chi connectivity index (χ0v) is 17.2. The van der Waals surface area contributed by atoms with E-state index in [1.807, 2.05) is 20.8 Å². The molecule has 0 fully saturated rings. The second-order valence-electron chi connectivity index (χ2n) is 7.15. The minimum absolute atomic E-state index is 0.305. The first-order valence-corrected chi connectivity index (χ1v) is 9.87. The summed E-state index contributed by atoms with van der Waals surface area (Å²) in [6.45, 7) is 7.60. The van der Waals surface area contributed by atoms with Gasteiger partial charge in [0.2, 0.25) is 5.89 Å². The summed E-state index contributed by atoms with van der Waals surface area (Å²) in [6.07, 6.45) is 1.66. The van der Waals surface area contributed by atoms with Gasteiger partial charge in [0.25, 0.3) is 10.8 Å². The monoisotopic (exact) mass is 411 g/mol. The van der Waals surface area contributed by atoms with Gasteiger partial charge in [0.05, 0.1) is 0 Å². The summed E-state index contributed by atoms with van der Waals surface area (Å²) < 4.78 is 10.7. The number of thioether (sulfide) groups is 1. The molecule has 28 heavy (non-hydrogen) atoms. The van der Waals surface area contributed by atoms with Gasteiger partial charge in [0.15, 0.2) is 0 Å². The summed E-state index contributed by atoms with van der Waals surface area (Å²) in [5.74, 6) is 0.797. The number of carbonyl (C=O) groups is 1. The van der Waals surface area contributed by atoms with Crippen molar-refractivity contribution in [1.29, 1.82) is 0 Å². The van der Waals surface area contributed by atoms with Gasteiger partial charge in [0, 0.05) is 30.0 Å². The summed E-state index contributed by atoms with van der Waals surface area (Å²) in [4.78, 5) is 39.3. The molecule has 0 aromatic carbocycles. The molecule has 0 aliphatic carbocycles. The molecule has 0 aliphatic heterocycles. The van der Waals surface area contributed by atoms with Crippen LogP contribution in [0.5, 0.6) is 0 Å². The van der Waals surface area contributed by atoms with Crippen molar-refractivity contribution < 1.29 is 13.9 Å². The van der Waals surface area contributed by atoms with Gasteiger partial charge in [-0.1, -0.05) is 11.8 Å². The highest BCUT2D eigenvalue weighted by Gasteiger charge is 2.15. The predicted molar refractivity (Wildman–Crippen MR) is 103 cm³/mol. The lowest BCUT2D eigenvalue weighted by Gasteiger charge is -2.19. The van der Waals surface area contributed by atoms with Gasteiger partial charge < -0.3 is 19.5 Å². The molecule has 154 valence electrons. The van der Waals surface area contributed by atoms with Crippen molar-refractivity contribution in [3.8, 4) is 0 Å². The van der Waals surface area contributed by atoms with Gasteiger partial charge in [-0.2, -0.15) is 0 Å². The van der Waals surface area contributed by atoms with Crippen molar-refractivity contribution in [1.82, 2.24) is 25.5 Å². The maximum atomic E-state index is 11.8. The Morgan fingerprint density at radius 3 is 2.64 bits per heavy atom. The second-order valence-corrected chi connectivity index (χ2v) is 8.07. The van der Waals surface area contributed by atoms with Crippen molar-refractivity contribution in [3.63, 3.8) is 0 Å². The van der Waals surface area contributed by atoms with Gasteiger partial charge in [0.1, 0.15) is 5.60 Å². The normalized spacial score (nSPS) is 11.4. The zero-order valence-electron chi connectivity index (χ0n) is 16.4. The van der Waals surface area contributed by atoms with Crippen LogP contribution in [0.1, 0.15) is 50.8 Å². The fraction of sp³-hybridized carbons (Fsp3) is 0.588. The SMILES string of the molecule is Cc1[nH]c(=O)[nH]c(=O)c1CSc1nnc(CCCCNC(=O)OC(C)(C)C)o1. The number of hydrogen-bond donors (Lipinski definition) is 3. The van der Waals surface area contributed by atoms with E-state index < -0.39 is 22.9 Å². The average molecular weight is 411 g/mol. The van der Waals surface area contributed by atoms with Gasteiger partial charge in [-0.3, -0.25) is 9.78 Å². The lowest BCUT2D eigenvalue weighted by molar-refractivity contribution is 0.0527. The molecule has 2 heterocycles. The number of hydrogen-bond acceptors (Lipinski definition) is 8. The molecular weight excluding hydrogens is 386 g/mol. The molecule has 0 bridgehead atoms. The first-order valence-electron chi connectivity index (χ1n) is 8.88. The van der Waals surface area contributed by atoms with Crippen molar-refractivity contribution in [2.75, 3.05) is 6.54 Å². The van der Waals surface area contributed by atoms with Crippen molar-refractivity contribution in [2.24, 2.45) is 0 Å². The fourth-order valence-corrected chi connectivity index (χ4v) is 3.11. The highest BCUT2D eigenvalue weighted by Crippen LogP contribution is 2.21. The minimum atomic E-state index is -0.530. The molecule has 0 unspecified atom stereocenters. The van der Waals surface area contributed by atoms with Crippen molar-refractivity contribution in [3.05, 3.63) is 38.0 Å². The van der Waals surface area contributed by atoms with E-state index in [2.05, 4.69) is 25.5 Å². The van der Waals surface area contributed by atoms with Crippen LogP contribution in [0.25, 0.3) is 0 Å². The third-order valence-electron chi connectivity index (χ3n) is 3.53. The average Bonchev–Trinajstić information content (AvgIpc) is 2.99. The summed E-state index contributed by atoms with van der Waals surface area (Å²) in [5, 5.41) is 11.0. The lowest BCUT2D eigenvalue weighted by atomic mass is 10.2. The Kier molecular flexibility index (Phi) is 7.44. The van der Waals surface area contributed by atoms with E-state index in [-0.39, 0.29) is 0 Å². The minimum Gasteiger partial charge on any atom is -0.444 e. The molecule has 0 saturated heterocycles. The van der Waals surface area contributed by atoms with Crippen LogP contribution >= 0.6 is 11.8 Å². The number of aromatic nitrogens is 4. The molecule has 2 aromatic rings. The molecule has 2 aromatic heterocycles. The molecule has 2 rings (SSSR count). The Balaban J connectivity index is 1.72. The molecule has 0 radical (unpaired) electrons. The third-order valence-corrected chi connectivity index (χ3v) is 4.37. The van der Waals surface area contributed by atoms with Crippen LogP contribution in [0.15, 0.2) is 19.2 Å². The number of ether oxygens (including phenoxy) is 1. The molecule has 1 amide bonds. The number of nitrogens with zero attached hydrogens (tertiary/aromatic N) is 2. The Morgan fingerprint density at radius 1 is 1.21 bits per heavy atom. The molecule has 0 aliphatic rings. The van der Waals surface area contributed by atoms with E-state index in [1.54, 1.807) is 6.92 Å². The number of aryl methyl sites for hydroxylation is 2. The summed E-state index contributed by atoms with van der Waals surface area (Å²) in [6, 6.07) is 0. The van der Waals surface area contributed by atoms with E-state index in [4.69, 9.17) is 9.15 Å². The van der Waals surface area contributed by atoms with Gasteiger partial charge >= 0.3 is 11.8 Å². The van der Waals surface area contributed by atoms with E-state index in [9.17, 15) is 14.4 Å². The van der Waals surface area contributed by atoms with Crippen LogP contribution in [0.2, 0.25) is 0 Å². The van der Waals surface area contributed by atoms with E-state index >= 15 is 0 Å². The molecular formula is C17H25N5O5S. The Morgan fingerprint density at radius 2 is 1.96 bits per heavy atom. The lowest BCUT2D eigenvalue weighted by Crippen LogP contribution is -2.33. The number of H-pyrrole nitrogens is 2. The first-order chi connectivity index (χ1) is 13.1. The molecule has 0 atom stereocenters. The highest BCUT2D eigenvalue weighted by molar-refractivity contribution is 7.98. The predicted octanol–water partition coefficient (Wildman–Crippen LogP) is 1.89. The van der Waals surface area contributed by atoms with Crippen LogP contribution in [-0.4, -0.2) is 38.4 Å². The quantitative estimate of drug-likeness (QED) is 0.441. The topological polar surface area (TPSA) is 143 Å². The molecule has 11 heteroatoms. The largest absolute Gasteiger partial charge is 0.444 e. The van der Waals surface area contributed by atoms with Gasteiger partial charge in [-0.15, -0.1) is 10.2 Å². The molecule has 3 N–H and O–H groups in total. The summed E-state index contributed by atoms with van der Waals surface area (Å²) in [5.41, 5.74) is -0.500. The summed E-state index contributed by atoms with van der Waals surface area (Å²) >= 11 is 1.23. The molecule has 10 nitrogen and oxygen atoms in total. The van der Waals surface area contributed by atoms with Crippen molar-refractivity contribution >= 4 is 17.9 Å². The van der Waals surface area contributed by atoms with E-state index in [1.165, 1.54) is 11.8 Å².